The molecule has 0 fully saturated rings. The van der Waals surface area contributed by atoms with E-state index in [1.54, 1.807) is 0 Å². The van der Waals surface area contributed by atoms with Crippen molar-refractivity contribution >= 4 is 101 Å². The van der Waals surface area contributed by atoms with Gasteiger partial charge in [0.05, 0.1) is 33.4 Å². The van der Waals surface area contributed by atoms with Crippen molar-refractivity contribution < 1.29 is 2.74 Å². The Labute approximate surface area is 669 Å². The first-order valence-electron chi connectivity index (χ1n) is 41.6. The molecule has 13 aromatic carbocycles. The topological polar surface area (TPSA) is 16.3 Å². The number of fused-ring (bicyclic) bond motifs is 10. The third kappa shape index (κ3) is 12.9. The molecular weight excluding hydrogens is 1350 g/mol. The van der Waals surface area contributed by atoms with E-state index in [9.17, 15) is 2.74 Å². The van der Waals surface area contributed by atoms with Gasteiger partial charge in [0, 0.05) is 80.7 Å². The number of hydrogen-bond acceptors (Lipinski definition) is 2. The summed E-state index contributed by atoms with van der Waals surface area (Å²) in [5.41, 5.74) is 31.1. The van der Waals surface area contributed by atoms with Crippen molar-refractivity contribution in [3.05, 3.63) is 306 Å². The summed E-state index contributed by atoms with van der Waals surface area (Å²) in [7, 11) is 0. The van der Waals surface area contributed by atoms with Gasteiger partial charge >= 0.3 is 0 Å². The monoisotopic (exact) mass is 1460 g/mol. The van der Waals surface area contributed by atoms with Crippen molar-refractivity contribution in [2.75, 3.05) is 9.80 Å². The lowest BCUT2D eigenvalue weighted by molar-refractivity contribution is 0.411. The summed E-state index contributed by atoms with van der Waals surface area (Å²) in [5.74, 6) is 0. The summed E-state index contributed by atoms with van der Waals surface area (Å²) in [6.45, 7) is 47.7. The smallest absolute Gasteiger partial charge is 0.252 e. The minimum Gasteiger partial charge on any atom is -0.310 e. The van der Waals surface area contributed by atoms with Crippen LogP contribution >= 0.6 is 0 Å². The highest BCUT2D eigenvalue weighted by Crippen LogP contribution is 2.56. The van der Waals surface area contributed by atoms with E-state index in [0.29, 0.717) is 5.56 Å². The molecule has 0 saturated heterocycles. The fourth-order valence-electron chi connectivity index (χ4n) is 17.7. The molecule has 17 rings (SSSR count). The molecule has 4 nitrogen and oxygen atoms in total. The molecule has 0 atom stereocenters. The summed E-state index contributed by atoms with van der Waals surface area (Å²) in [4.78, 5) is 5.23. The Morgan fingerprint density at radius 3 is 0.786 bits per heavy atom. The molecule has 5 heteroatoms. The average molecular weight is 1460 g/mol. The van der Waals surface area contributed by atoms with Crippen molar-refractivity contribution in [2.45, 2.75) is 184 Å². The van der Waals surface area contributed by atoms with Crippen molar-refractivity contribution in [1.82, 2.24) is 9.13 Å². The van der Waals surface area contributed by atoms with Crippen LogP contribution in [0, 0.1) is 5.41 Å². The van der Waals surface area contributed by atoms with Gasteiger partial charge in [0.15, 0.2) is 0 Å². The molecule has 0 aliphatic carbocycles. The Bertz CT molecular complexity index is 5710. The van der Waals surface area contributed by atoms with Gasteiger partial charge in [-0.05, 0) is 231 Å². The van der Waals surface area contributed by atoms with Gasteiger partial charge in [-0.15, -0.1) is 0 Å². The molecule has 2 aliphatic rings. The zero-order chi connectivity index (χ0) is 80.6. The molecule has 0 amide bonds. The predicted octanol–water partition coefficient (Wildman–Crippen LogP) is 28.0. The lowest BCUT2D eigenvalue weighted by atomic mass is 9.33. The van der Waals surface area contributed by atoms with E-state index in [1.165, 1.54) is 54.9 Å². The second kappa shape index (κ2) is 26.4. The summed E-state index contributed by atoms with van der Waals surface area (Å²) in [6.07, 6.45) is -1.90. The largest absolute Gasteiger partial charge is 0.310 e. The molecular formula is C107H109BN4. The number of hydrogen-bond donors (Lipinski definition) is 0. The number of aromatic nitrogens is 2. The minimum absolute atomic E-state index is 0.0930. The van der Waals surface area contributed by atoms with Gasteiger partial charge in [-0.1, -0.05) is 303 Å². The van der Waals surface area contributed by atoms with Crippen LogP contribution in [0.5, 0.6) is 0 Å². The molecule has 112 heavy (non-hydrogen) atoms. The first kappa shape index (κ1) is 71.4. The quantitative estimate of drug-likeness (QED) is 0.134. The molecule has 0 radical (unpaired) electrons. The van der Waals surface area contributed by atoms with Gasteiger partial charge in [0.1, 0.15) is 0 Å². The van der Waals surface area contributed by atoms with E-state index in [-0.39, 0.29) is 32.5 Å². The summed E-state index contributed by atoms with van der Waals surface area (Å²) < 4.78 is 27.1. The fraction of sp³-hybridized carbons (Fsp3) is 0.271. The van der Waals surface area contributed by atoms with Crippen LogP contribution in [0.2, 0.25) is 0 Å². The third-order valence-corrected chi connectivity index (χ3v) is 23.8. The predicted molar refractivity (Wildman–Crippen MR) is 486 cm³/mol. The maximum Gasteiger partial charge on any atom is 0.252 e. The maximum absolute atomic E-state index is 11.0. The van der Waals surface area contributed by atoms with Crippen molar-refractivity contribution in [3.63, 3.8) is 0 Å². The van der Waals surface area contributed by atoms with Crippen LogP contribution in [0.25, 0.3) is 99.5 Å². The Morgan fingerprint density at radius 2 is 0.536 bits per heavy atom. The van der Waals surface area contributed by atoms with E-state index in [1.807, 2.05) is 0 Å². The second-order valence-electron chi connectivity index (χ2n) is 39.3. The van der Waals surface area contributed by atoms with Gasteiger partial charge in [0.25, 0.3) is 6.71 Å². The van der Waals surface area contributed by atoms with E-state index in [4.69, 9.17) is 0 Å². The highest BCUT2D eigenvalue weighted by molar-refractivity contribution is 7.00. The Balaban J connectivity index is 1.09. The molecule has 0 saturated carbocycles. The summed E-state index contributed by atoms with van der Waals surface area (Å²) in [6, 6.07) is 102. The lowest BCUT2D eigenvalue weighted by Crippen LogP contribution is -2.61. The minimum atomic E-state index is -1.90. The van der Waals surface area contributed by atoms with E-state index >= 15 is 0 Å². The van der Waals surface area contributed by atoms with Gasteiger partial charge in [0.2, 0.25) is 0 Å². The molecule has 2 aliphatic heterocycles. The Morgan fingerprint density at radius 1 is 0.268 bits per heavy atom. The van der Waals surface area contributed by atoms with Crippen LogP contribution in [-0.2, 0) is 38.9 Å². The maximum atomic E-state index is 11.0. The van der Waals surface area contributed by atoms with Gasteiger partial charge < -0.3 is 18.9 Å². The van der Waals surface area contributed by atoms with Crippen molar-refractivity contribution in [1.29, 1.82) is 0 Å². The average Bonchev–Trinajstić information content (AvgIpc) is 0.806. The molecule has 560 valence electrons. The molecule has 2 aromatic heterocycles. The number of anilines is 6. The first-order chi connectivity index (χ1) is 53.7. The second-order valence-corrected chi connectivity index (χ2v) is 39.3. The lowest BCUT2D eigenvalue weighted by Gasteiger charge is -2.46. The number of nitrogens with zero attached hydrogens (tertiary/aromatic N) is 4. The highest BCUT2D eigenvalue weighted by Gasteiger charge is 2.47. The van der Waals surface area contributed by atoms with Crippen molar-refractivity contribution in [3.8, 4) is 55.9 Å². The molecule has 4 heterocycles. The van der Waals surface area contributed by atoms with Crippen LogP contribution in [0.3, 0.4) is 0 Å². The number of benzene rings is 13. The summed E-state index contributed by atoms with van der Waals surface area (Å²) >= 11 is 0. The van der Waals surface area contributed by atoms with Crippen molar-refractivity contribution in [2.24, 2.45) is 5.41 Å². The molecule has 0 N–H and O–H groups in total. The van der Waals surface area contributed by atoms with E-state index < -0.39 is 18.5 Å². The van der Waals surface area contributed by atoms with Crippen LogP contribution < -0.4 is 26.2 Å². The van der Waals surface area contributed by atoms with Crippen LogP contribution in [0.15, 0.2) is 267 Å². The van der Waals surface area contributed by atoms with Crippen LogP contribution in [0.4, 0.5) is 34.1 Å². The molecule has 0 unspecified atom stereocenters. The van der Waals surface area contributed by atoms with E-state index in [0.717, 1.165) is 128 Å². The van der Waals surface area contributed by atoms with Gasteiger partial charge in [-0.25, -0.2) is 0 Å². The van der Waals surface area contributed by atoms with Crippen LogP contribution in [-0.4, -0.2) is 15.8 Å². The van der Waals surface area contributed by atoms with Gasteiger partial charge in [-0.2, -0.15) is 0 Å². The fourth-order valence-corrected chi connectivity index (χ4v) is 17.7. The standard InChI is InChI=1S/C107H109BN4/c1-101(2,3)66-67-54-96-98-97(55-67)112(100-82(70-38-30-24-31-39-70)62-77(107(19,20)21)63-83(100)71-40-32-25-33-41-71)95-65-79(110-92-52-44-74(104(10,11)12)58-86(92)87-59-75(105(13,14)15)45-53-93(87)110)47-49-89(95)108(98)88-48-46-78(109-90-50-42-72(102(4,5)6)56-84(90)85-57-73(103(7,8)9)43-51-91(85)109)64-94(88)111(96)99-80(68-34-26-22-27-35-68)60-76(106(16,17)18)61-81(99)69-36-28-23-29-37-69/h22-65H,66H2,1-21H3/i66D2. The highest BCUT2D eigenvalue weighted by atomic mass is 15.2. The SMILES string of the molecule is [2H]C([2H])(c1cc2c3c(c1)N(c1c(-c4ccccc4)cc(C(C)(C)C)cc1-c1ccccc1)c1cc(-n4c5ccc(C(C)(C)C)cc5c5cc(C(C)(C)C)ccc54)ccc1B3c1ccc(-n3c4ccc(C(C)(C)C)cc4c4cc(C(C)(C)C)ccc43)cc1N2c1c(-c2ccccc2)cc(C(C)(C)C)cc1-c1ccccc1)C(C)(C)C. The van der Waals surface area contributed by atoms with E-state index in [2.05, 4.69) is 431 Å². The normalized spacial score (nSPS) is 14.0. The van der Waals surface area contributed by atoms with Crippen LogP contribution in [0.1, 0.15) is 187 Å². The molecule has 0 bridgehead atoms. The zero-order valence-corrected chi connectivity index (χ0v) is 69.8. The third-order valence-electron chi connectivity index (χ3n) is 23.8. The number of rotatable bonds is 9. The molecule has 15 aromatic rings. The first-order valence-corrected chi connectivity index (χ1v) is 40.6. The summed E-state index contributed by atoms with van der Waals surface area (Å²) in [5, 5.41) is 4.90. The Hall–Kier alpha value is -10.9. The Kier molecular flexibility index (Phi) is 16.8. The van der Waals surface area contributed by atoms with Gasteiger partial charge in [-0.3, -0.25) is 0 Å². The molecule has 0 spiro atoms. The zero-order valence-electron chi connectivity index (χ0n) is 71.8.